The van der Waals surface area contributed by atoms with Gasteiger partial charge in [0.25, 0.3) is 0 Å². The van der Waals surface area contributed by atoms with Gasteiger partial charge in [-0.25, -0.2) is 22.9 Å². The topological polar surface area (TPSA) is 82.3 Å². The predicted octanol–water partition coefficient (Wildman–Crippen LogP) is 5.15. The van der Waals surface area contributed by atoms with E-state index < -0.39 is 10.0 Å². The molecule has 4 aromatic rings. The third kappa shape index (κ3) is 4.99. The predicted molar refractivity (Wildman–Crippen MR) is 120 cm³/mol. The average molecular weight is 455 g/mol. The maximum Gasteiger partial charge on any atom is 0.238 e. The number of thiazole rings is 1. The Hall–Kier alpha value is -3.07. The van der Waals surface area contributed by atoms with Crippen LogP contribution >= 0.6 is 11.3 Å². The highest BCUT2D eigenvalue weighted by Crippen LogP contribution is 2.37. The lowest BCUT2D eigenvalue weighted by Gasteiger charge is -2.04. The SMILES string of the molecule is Cc1ccc(OCc2nc(-c3ccc(S(N)(=O)=O)cc3)c(-c3ccc(F)cc3)s2)cc1. The molecule has 158 valence electrons. The molecule has 0 unspecified atom stereocenters. The summed E-state index contributed by atoms with van der Waals surface area (Å²) >= 11 is 1.44. The third-order valence-corrected chi connectivity index (χ3v) is 6.62. The average Bonchev–Trinajstić information content (AvgIpc) is 3.18. The first-order valence-electron chi connectivity index (χ1n) is 9.38. The quantitative estimate of drug-likeness (QED) is 0.437. The van der Waals surface area contributed by atoms with Gasteiger partial charge in [0.15, 0.2) is 0 Å². The van der Waals surface area contributed by atoms with E-state index in [0.717, 1.165) is 32.3 Å². The van der Waals surface area contributed by atoms with Gasteiger partial charge in [-0.05, 0) is 48.9 Å². The van der Waals surface area contributed by atoms with Crippen LogP contribution in [0.4, 0.5) is 4.39 Å². The molecule has 2 N–H and O–H groups in total. The molecule has 0 bridgehead atoms. The van der Waals surface area contributed by atoms with Crippen LogP contribution in [0.5, 0.6) is 5.75 Å². The fraction of sp³-hybridized carbons (Fsp3) is 0.0870. The molecular formula is C23H19FN2O3S2. The number of aromatic nitrogens is 1. The first kappa shape index (κ1) is 21.2. The first-order chi connectivity index (χ1) is 14.8. The fourth-order valence-electron chi connectivity index (χ4n) is 3.00. The van der Waals surface area contributed by atoms with Gasteiger partial charge >= 0.3 is 0 Å². The Morgan fingerprint density at radius 2 is 1.55 bits per heavy atom. The molecule has 0 aliphatic rings. The summed E-state index contributed by atoms with van der Waals surface area (Å²) < 4.78 is 42.4. The van der Waals surface area contributed by atoms with Crippen molar-refractivity contribution in [2.24, 2.45) is 5.14 Å². The lowest BCUT2D eigenvalue weighted by atomic mass is 10.1. The molecule has 0 radical (unpaired) electrons. The molecule has 0 atom stereocenters. The molecule has 0 fully saturated rings. The van der Waals surface area contributed by atoms with Crippen LogP contribution < -0.4 is 9.88 Å². The molecular weight excluding hydrogens is 435 g/mol. The number of ether oxygens (including phenoxy) is 1. The van der Waals surface area contributed by atoms with Crippen molar-refractivity contribution in [3.8, 4) is 27.4 Å². The van der Waals surface area contributed by atoms with Crippen molar-refractivity contribution in [3.63, 3.8) is 0 Å². The number of nitrogens with two attached hydrogens (primary N) is 1. The summed E-state index contributed by atoms with van der Waals surface area (Å²) in [7, 11) is -3.79. The van der Waals surface area contributed by atoms with Gasteiger partial charge in [-0.15, -0.1) is 11.3 Å². The summed E-state index contributed by atoms with van der Waals surface area (Å²) in [5, 5.41) is 5.94. The van der Waals surface area contributed by atoms with E-state index in [2.05, 4.69) is 0 Å². The van der Waals surface area contributed by atoms with Crippen molar-refractivity contribution in [3.05, 3.63) is 89.2 Å². The third-order valence-electron chi connectivity index (χ3n) is 4.62. The molecule has 8 heteroatoms. The Bertz CT molecular complexity index is 1300. The van der Waals surface area contributed by atoms with Gasteiger partial charge in [-0.1, -0.05) is 42.0 Å². The Morgan fingerprint density at radius 1 is 0.935 bits per heavy atom. The smallest absolute Gasteiger partial charge is 0.238 e. The van der Waals surface area contributed by atoms with Gasteiger partial charge in [0.05, 0.1) is 15.5 Å². The van der Waals surface area contributed by atoms with E-state index in [0.29, 0.717) is 5.69 Å². The van der Waals surface area contributed by atoms with E-state index in [4.69, 9.17) is 14.9 Å². The summed E-state index contributed by atoms with van der Waals surface area (Å²) in [5.74, 6) is 0.415. The van der Waals surface area contributed by atoms with Crippen LogP contribution in [-0.4, -0.2) is 13.4 Å². The molecule has 0 saturated heterocycles. The van der Waals surface area contributed by atoms with Crippen molar-refractivity contribution in [2.45, 2.75) is 18.4 Å². The molecule has 0 spiro atoms. The highest BCUT2D eigenvalue weighted by Gasteiger charge is 2.17. The summed E-state index contributed by atoms with van der Waals surface area (Å²) in [6.07, 6.45) is 0. The van der Waals surface area contributed by atoms with E-state index in [1.54, 1.807) is 24.3 Å². The van der Waals surface area contributed by atoms with Crippen molar-refractivity contribution < 1.29 is 17.5 Å². The summed E-state index contributed by atoms with van der Waals surface area (Å²) in [6, 6.07) is 20.1. The number of sulfonamides is 1. The molecule has 4 rings (SSSR count). The van der Waals surface area contributed by atoms with Crippen LogP contribution in [0.15, 0.2) is 77.7 Å². The number of primary sulfonamides is 1. The summed E-state index contributed by atoms with van der Waals surface area (Å²) in [4.78, 5) is 5.59. The summed E-state index contributed by atoms with van der Waals surface area (Å²) in [5.41, 5.74) is 3.35. The normalized spacial score (nSPS) is 11.5. The number of aryl methyl sites for hydroxylation is 1. The van der Waals surface area contributed by atoms with Gasteiger partial charge in [0, 0.05) is 5.56 Å². The van der Waals surface area contributed by atoms with Crippen LogP contribution in [0.25, 0.3) is 21.7 Å². The van der Waals surface area contributed by atoms with Gasteiger partial charge in [-0.2, -0.15) is 0 Å². The Kier molecular flexibility index (Phi) is 5.86. The van der Waals surface area contributed by atoms with E-state index in [1.165, 1.54) is 35.6 Å². The number of rotatable bonds is 6. The highest BCUT2D eigenvalue weighted by atomic mass is 32.2. The van der Waals surface area contributed by atoms with Gasteiger partial charge in [-0.3, -0.25) is 0 Å². The van der Waals surface area contributed by atoms with Crippen molar-refractivity contribution in [1.29, 1.82) is 0 Å². The molecule has 3 aromatic carbocycles. The van der Waals surface area contributed by atoms with E-state index in [-0.39, 0.29) is 17.3 Å². The Labute approximate surface area is 184 Å². The lowest BCUT2D eigenvalue weighted by molar-refractivity contribution is 0.305. The van der Waals surface area contributed by atoms with Crippen LogP contribution in [0, 0.1) is 12.7 Å². The standard InChI is InChI=1S/C23H19FN2O3S2/c1-15-2-10-19(11-3-15)29-14-21-26-22(16-6-12-20(13-7-16)31(25,27)28)23(30-21)17-4-8-18(24)9-5-17/h2-13H,14H2,1H3,(H2,25,27,28). The largest absolute Gasteiger partial charge is 0.486 e. The van der Waals surface area contributed by atoms with Gasteiger partial charge < -0.3 is 4.74 Å². The zero-order chi connectivity index (χ0) is 22.0. The summed E-state index contributed by atoms with van der Waals surface area (Å²) in [6.45, 7) is 2.28. The highest BCUT2D eigenvalue weighted by molar-refractivity contribution is 7.89. The van der Waals surface area contributed by atoms with Gasteiger partial charge in [0.2, 0.25) is 10.0 Å². The van der Waals surface area contributed by atoms with E-state index in [1.807, 2.05) is 31.2 Å². The second kappa shape index (κ2) is 8.58. The van der Waals surface area contributed by atoms with Crippen LogP contribution in [0.3, 0.4) is 0 Å². The maximum absolute atomic E-state index is 13.4. The molecule has 0 saturated carbocycles. The number of hydrogen-bond acceptors (Lipinski definition) is 5. The van der Waals surface area contributed by atoms with Crippen molar-refractivity contribution in [2.75, 3.05) is 0 Å². The molecule has 31 heavy (non-hydrogen) atoms. The van der Waals surface area contributed by atoms with Crippen molar-refractivity contribution in [1.82, 2.24) is 4.98 Å². The minimum absolute atomic E-state index is 0.0257. The second-order valence-electron chi connectivity index (χ2n) is 6.96. The monoisotopic (exact) mass is 454 g/mol. The molecule has 5 nitrogen and oxygen atoms in total. The van der Waals surface area contributed by atoms with Gasteiger partial charge in [0.1, 0.15) is 23.2 Å². The van der Waals surface area contributed by atoms with Crippen molar-refractivity contribution >= 4 is 21.4 Å². The van der Waals surface area contributed by atoms with Crippen LogP contribution in [-0.2, 0) is 16.6 Å². The Morgan fingerprint density at radius 3 is 2.16 bits per heavy atom. The maximum atomic E-state index is 13.4. The second-order valence-corrected chi connectivity index (χ2v) is 9.61. The Balaban J connectivity index is 1.70. The minimum Gasteiger partial charge on any atom is -0.486 e. The first-order valence-corrected chi connectivity index (χ1v) is 11.7. The zero-order valence-electron chi connectivity index (χ0n) is 16.6. The number of halogens is 1. The minimum atomic E-state index is -3.79. The molecule has 0 aliphatic heterocycles. The molecule has 1 aromatic heterocycles. The molecule has 0 amide bonds. The van der Waals surface area contributed by atoms with E-state index >= 15 is 0 Å². The molecule has 0 aliphatic carbocycles. The van der Waals surface area contributed by atoms with E-state index in [9.17, 15) is 12.8 Å². The zero-order valence-corrected chi connectivity index (χ0v) is 18.2. The number of benzene rings is 3. The number of nitrogens with zero attached hydrogens (tertiary/aromatic N) is 1. The molecule has 1 heterocycles. The lowest BCUT2D eigenvalue weighted by Crippen LogP contribution is -2.11. The van der Waals surface area contributed by atoms with Crippen LogP contribution in [0.1, 0.15) is 10.6 Å². The fourth-order valence-corrected chi connectivity index (χ4v) is 4.52. The van der Waals surface area contributed by atoms with Crippen LogP contribution in [0.2, 0.25) is 0 Å². The number of hydrogen-bond donors (Lipinski definition) is 1.